The molecular weight excluding hydrogens is 645 g/mol. The van der Waals surface area contributed by atoms with Crippen molar-refractivity contribution in [1.29, 1.82) is 0 Å². The van der Waals surface area contributed by atoms with Crippen LogP contribution in [0.3, 0.4) is 0 Å². The Morgan fingerprint density at radius 1 is 0.822 bits per heavy atom. The Labute approximate surface area is 292 Å². The Morgan fingerprint density at radius 2 is 1.29 bits per heavy atom. The Bertz CT molecular complexity index is 1730. The topological polar surface area (TPSA) is 81.5 Å². The maximum Gasteiger partial charge on any atom is 1.00 e. The van der Waals surface area contributed by atoms with Crippen molar-refractivity contribution in [3.63, 3.8) is 0 Å². The van der Waals surface area contributed by atoms with Gasteiger partial charge in [-0.2, -0.15) is 0 Å². The molecule has 0 bridgehead atoms. The van der Waals surface area contributed by atoms with Gasteiger partial charge in [0.15, 0.2) is 11.9 Å². The fourth-order valence-electron chi connectivity index (χ4n) is 5.02. The first kappa shape index (κ1) is 36.8. The molecule has 4 aromatic rings. The van der Waals surface area contributed by atoms with Gasteiger partial charge < -0.3 is 16.0 Å². The molecule has 2 aromatic carbocycles. The van der Waals surface area contributed by atoms with Gasteiger partial charge in [0.1, 0.15) is 39.7 Å². The SMILES string of the molecule is CC(=O)C1CCc2c(-c3ccc(F)cc3F)cc(Cl)nc2O1.OCC1CCc2c(-c3ccc(F)cc3F)cc(Cl)nc2O1.[B].[H-].[Na+]. The van der Waals surface area contributed by atoms with E-state index in [1.807, 2.05) is 0 Å². The number of nitrogens with zero attached hydrogens (tertiary/aromatic N) is 2. The van der Waals surface area contributed by atoms with Crippen molar-refractivity contribution in [2.45, 2.75) is 44.8 Å². The summed E-state index contributed by atoms with van der Waals surface area (Å²) in [6.45, 7) is 1.33. The van der Waals surface area contributed by atoms with E-state index in [1.54, 1.807) is 6.07 Å². The molecule has 0 aliphatic carbocycles. The van der Waals surface area contributed by atoms with Gasteiger partial charge in [0, 0.05) is 42.8 Å². The minimum Gasteiger partial charge on any atom is -1.00 e. The molecule has 6 rings (SSSR count). The van der Waals surface area contributed by atoms with Crippen LogP contribution in [0.15, 0.2) is 48.5 Å². The van der Waals surface area contributed by atoms with E-state index < -0.39 is 29.4 Å². The number of aliphatic hydroxyl groups is 1. The molecule has 0 saturated heterocycles. The Morgan fingerprint density at radius 3 is 1.73 bits per heavy atom. The van der Waals surface area contributed by atoms with Crippen molar-refractivity contribution in [2.24, 2.45) is 0 Å². The number of fused-ring (bicyclic) bond motifs is 2. The van der Waals surface area contributed by atoms with Crippen LogP contribution in [0, 0.1) is 23.3 Å². The first-order valence-electron chi connectivity index (χ1n) is 13.3. The molecule has 0 amide bonds. The van der Waals surface area contributed by atoms with Gasteiger partial charge in [0.05, 0.1) is 6.61 Å². The molecule has 45 heavy (non-hydrogen) atoms. The normalized spacial score (nSPS) is 16.3. The van der Waals surface area contributed by atoms with Crippen molar-refractivity contribution in [2.75, 3.05) is 6.61 Å². The Hall–Kier alpha value is -2.67. The van der Waals surface area contributed by atoms with E-state index >= 15 is 0 Å². The van der Waals surface area contributed by atoms with Crippen molar-refractivity contribution in [1.82, 2.24) is 9.97 Å². The average Bonchev–Trinajstić information content (AvgIpc) is 2.96. The van der Waals surface area contributed by atoms with Gasteiger partial charge >= 0.3 is 29.6 Å². The summed E-state index contributed by atoms with van der Waals surface area (Å²) < 4.78 is 65.3. The molecule has 3 radical (unpaired) electrons. The average molecular weight is 670 g/mol. The molecule has 2 aromatic heterocycles. The standard InChI is InChI=1S/C16H12ClF2NO2.C15H12ClF2NO2.B.Na.H/c1-8(21)14-5-4-11-12(7-15(17)20-16(11)22-14)10-3-2-9(18)6-13(10)19;16-14-6-12(10-3-1-8(17)5-13(10)18)11-4-2-9(7-20)21-15(11)19-14;;;/h2-3,6-7,14H,4-5H2,1H3;1,3,5-6,9,20H,2,4,7H2;;;/q;;;+1;-1. The number of Topliss-reactive ketones (excluding diaryl/α,β-unsaturated/α-hetero) is 1. The monoisotopic (exact) mass is 669 g/mol. The number of ketones is 1. The van der Waals surface area contributed by atoms with E-state index in [1.165, 1.54) is 37.3 Å². The number of rotatable bonds is 4. The zero-order valence-corrected chi connectivity index (χ0v) is 27.7. The predicted molar refractivity (Wildman–Crippen MR) is 159 cm³/mol. The van der Waals surface area contributed by atoms with Crippen LogP contribution in [-0.2, 0) is 17.6 Å². The third-order valence-corrected chi connectivity index (χ3v) is 7.50. The second-order valence-corrected chi connectivity index (χ2v) is 10.8. The molecule has 4 heterocycles. The second kappa shape index (κ2) is 15.8. The fourth-order valence-corrected chi connectivity index (χ4v) is 5.39. The number of carbonyl (C=O) groups is 1. The van der Waals surface area contributed by atoms with E-state index in [-0.39, 0.29) is 85.2 Å². The van der Waals surface area contributed by atoms with Crippen LogP contribution in [0.1, 0.15) is 32.3 Å². The first-order valence-corrected chi connectivity index (χ1v) is 14.0. The molecule has 0 spiro atoms. The molecule has 2 aliphatic rings. The van der Waals surface area contributed by atoms with Gasteiger partial charge in [0.2, 0.25) is 11.8 Å². The van der Waals surface area contributed by atoms with Crippen LogP contribution in [0.5, 0.6) is 11.8 Å². The number of ether oxygens (including phenoxy) is 2. The number of hydrogen-bond donors (Lipinski definition) is 1. The number of benzene rings is 2. The summed E-state index contributed by atoms with van der Waals surface area (Å²) in [6, 6.07) is 9.81. The van der Waals surface area contributed by atoms with E-state index in [9.17, 15) is 22.4 Å². The molecule has 229 valence electrons. The molecule has 2 atom stereocenters. The quantitative estimate of drug-likeness (QED) is 0.201. The van der Waals surface area contributed by atoms with Crippen LogP contribution in [0.2, 0.25) is 10.3 Å². The van der Waals surface area contributed by atoms with Gasteiger partial charge in [-0.15, -0.1) is 0 Å². The summed E-state index contributed by atoms with van der Waals surface area (Å²) in [5, 5.41) is 9.44. The zero-order chi connectivity index (χ0) is 30.8. The van der Waals surface area contributed by atoms with Gasteiger partial charge in [-0.3, -0.25) is 4.79 Å². The third-order valence-electron chi connectivity index (χ3n) is 7.11. The largest absolute Gasteiger partial charge is 1.00 e. The van der Waals surface area contributed by atoms with Crippen molar-refractivity contribution < 1.29 is 67.9 Å². The number of aliphatic hydroxyl groups excluding tert-OH is 1. The molecule has 14 heteroatoms. The van der Waals surface area contributed by atoms with E-state index in [4.69, 9.17) is 37.8 Å². The third kappa shape index (κ3) is 8.38. The summed E-state index contributed by atoms with van der Waals surface area (Å²) in [5.41, 5.74) is 2.92. The second-order valence-electron chi connectivity index (χ2n) is 10.0. The molecule has 2 aliphatic heterocycles. The number of carbonyl (C=O) groups excluding carboxylic acids is 1. The van der Waals surface area contributed by atoms with Crippen LogP contribution in [0.4, 0.5) is 17.6 Å². The molecule has 1 N–H and O–H groups in total. The fraction of sp³-hybridized carbons (Fsp3) is 0.258. The van der Waals surface area contributed by atoms with Gasteiger partial charge in [0.25, 0.3) is 0 Å². The number of hydrogen-bond acceptors (Lipinski definition) is 6. The molecule has 2 unspecified atom stereocenters. The van der Waals surface area contributed by atoms with Gasteiger partial charge in [-0.1, -0.05) is 23.2 Å². The number of halogens is 6. The summed E-state index contributed by atoms with van der Waals surface area (Å²) in [7, 11) is 0. The Kier molecular flexibility index (Phi) is 12.9. The summed E-state index contributed by atoms with van der Waals surface area (Å²) in [4.78, 5) is 19.6. The van der Waals surface area contributed by atoms with Crippen molar-refractivity contribution in [3.8, 4) is 34.0 Å². The van der Waals surface area contributed by atoms with E-state index in [0.29, 0.717) is 48.3 Å². The summed E-state index contributed by atoms with van der Waals surface area (Å²) in [6.07, 6.45) is 1.27. The smallest absolute Gasteiger partial charge is 1.00 e. The molecule has 0 saturated carbocycles. The number of aromatic nitrogens is 2. The van der Waals surface area contributed by atoms with E-state index in [2.05, 4.69) is 9.97 Å². The maximum atomic E-state index is 14.0. The molecular formula is C31H25BCl2F4N2NaO4. The van der Waals surface area contributed by atoms with E-state index in [0.717, 1.165) is 17.7 Å². The van der Waals surface area contributed by atoms with Crippen molar-refractivity contribution >= 4 is 37.4 Å². The maximum absolute atomic E-state index is 14.0. The molecule has 0 fully saturated rings. The van der Waals surface area contributed by atoms with Gasteiger partial charge in [-0.25, -0.2) is 27.5 Å². The van der Waals surface area contributed by atoms with Crippen LogP contribution in [0.25, 0.3) is 22.3 Å². The number of pyridine rings is 2. The van der Waals surface area contributed by atoms with Crippen LogP contribution >= 0.6 is 23.2 Å². The minimum absolute atomic E-state index is 0. The zero-order valence-electron chi connectivity index (χ0n) is 25.2. The van der Waals surface area contributed by atoms with Crippen molar-refractivity contribution in [3.05, 3.63) is 93.2 Å². The molecule has 6 nitrogen and oxygen atoms in total. The first-order chi connectivity index (χ1) is 20.5. The summed E-state index contributed by atoms with van der Waals surface area (Å²) in [5.74, 6) is -2.20. The minimum atomic E-state index is -0.682. The Balaban J connectivity index is 0.000000301. The van der Waals surface area contributed by atoms with Crippen LogP contribution < -0.4 is 39.0 Å². The van der Waals surface area contributed by atoms with Gasteiger partial charge in [-0.05, 0) is 80.1 Å². The predicted octanol–water partition coefficient (Wildman–Crippen LogP) is 4.06. The summed E-state index contributed by atoms with van der Waals surface area (Å²) >= 11 is 11.9. The van der Waals surface area contributed by atoms with Crippen LogP contribution in [-0.4, -0.2) is 48.1 Å².